The van der Waals surface area contributed by atoms with E-state index in [0.29, 0.717) is 22.1 Å². The lowest BCUT2D eigenvalue weighted by Crippen LogP contribution is -2.13. The number of pyridine rings is 2. The van der Waals surface area contributed by atoms with Gasteiger partial charge in [0.1, 0.15) is 11.3 Å². The van der Waals surface area contributed by atoms with Crippen LogP contribution in [0.2, 0.25) is 0 Å². The van der Waals surface area contributed by atoms with Crippen molar-refractivity contribution in [2.45, 2.75) is 0 Å². The molecule has 6 nitrogen and oxygen atoms in total. The van der Waals surface area contributed by atoms with Crippen LogP contribution in [0.15, 0.2) is 386 Å². The quantitative estimate of drug-likeness (QED) is 0.156. The Kier molecular flexibility index (Phi) is 13.2. The van der Waals surface area contributed by atoms with Crippen molar-refractivity contribution in [1.29, 1.82) is 0 Å². The highest BCUT2D eigenvalue weighted by molar-refractivity contribution is 6.29. The van der Waals surface area contributed by atoms with Crippen LogP contribution >= 0.6 is 0 Å². The number of rotatable bonds is 6. The van der Waals surface area contributed by atoms with Crippen molar-refractivity contribution < 1.29 is 0 Å². The molecule has 4 aromatic heterocycles. The highest BCUT2D eigenvalue weighted by atomic mass is 16.1. The number of fused-ring (bicyclic) bond motifs is 11. The molecular formula is C114H62N4O2. The van der Waals surface area contributed by atoms with Crippen LogP contribution in [-0.2, 0) is 0 Å². The molecule has 0 saturated heterocycles. The van der Waals surface area contributed by atoms with E-state index < -0.39 is 0 Å². The molecule has 0 amide bonds. The molecular weight excluding hydrogens is 1460 g/mol. The average molecular weight is 1520 g/mol. The molecule has 0 aliphatic rings. The zero-order chi connectivity index (χ0) is 78.4. The standard InChI is InChI=1S/C66H34N2O.C48H28N2O/c69-66-54-12-4-11-52-51(49-29-43-21-15-37-7-2-8-38-16-22-44(30-49)61(43)58(37)38)25-26-53(63(52)54)65-67-64-55(50-31-45-23-17-39-9-3-10-40-18-24-46(32-50)62(45)59(39)40)33-48(34-56(64)68(65)66)47-27-41-19-13-35-5-1-6-36-14-20-42(28-47)60(41)57(35)36;51-48-42-15-7-14-40-39(36-20-17-30-9-2-5-12-33(30)25-36)22-23-41(45(40)42)47-49-46-43(37-21-18-31-10-3-6-13-34(31)26-37)27-38(28-44(46)50(47)48)35-19-16-29-8-1-4-11-32(29)24-35/h1-34H;1-28H. The molecule has 6 heteroatoms. The van der Waals surface area contributed by atoms with Crippen molar-refractivity contribution in [3.8, 4) is 66.8 Å². The van der Waals surface area contributed by atoms with Crippen LogP contribution in [0.4, 0.5) is 0 Å². The van der Waals surface area contributed by atoms with E-state index in [1.807, 2.05) is 33.1 Å². The first-order chi connectivity index (χ1) is 59.2. The Balaban J connectivity index is 0.000000133. The second kappa shape index (κ2) is 24.3. The maximum atomic E-state index is 15.4. The fraction of sp³-hybridized carbons (Fsp3) is 0. The minimum atomic E-state index is -0.0625. The maximum Gasteiger partial charge on any atom is 0.264 e. The third-order valence-corrected chi connectivity index (χ3v) is 26.5. The molecule has 0 N–H and O–H groups in total. The lowest BCUT2D eigenvalue weighted by atomic mass is 9.89. The van der Waals surface area contributed by atoms with Crippen LogP contribution in [0.5, 0.6) is 0 Å². The number of hydrogen-bond acceptors (Lipinski definition) is 4. The maximum absolute atomic E-state index is 15.4. The van der Waals surface area contributed by atoms with Gasteiger partial charge in [0, 0.05) is 43.4 Å². The van der Waals surface area contributed by atoms with Gasteiger partial charge in [0.25, 0.3) is 11.1 Å². The van der Waals surface area contributed by atoms with Gasteiger partial charge in [-0.15, -0.1) is 0 Å². The third-order valence-electron chi connectivity index (χ3n) is 26.5. The van der Waals surface area contributed by atoms with Gasteiger partial charge >= 0.3 is 0 Å². The van der Waals surface area contributed by atoms with Gasteiger partial charge < -0.3 is 0 Å². The zero-order valence-corrected chi connectivity index (χ0v) is 64.4. The van der Waals surface area contributed by atoms with E-state index >= 15 is 4.79 Å². The van der Waals surface area contributed by atoms with Crippen molar-refractivity contribution in [3.63, 3.8) is 0 Å². The predicted octanol–water partition coefficient (Wildman–Crippen LogP) is 29.3. The van der Waals surface area contributed by atoms with Gasteiger partial charge in [0.15, 0.2) is 0 Å². The molecule has 0 aliphatic heterocycles. The summed E-state index contributed by atoms with van der Waals surface area (Å²) in [5.74, 6) is 0. The van der Waals surface area contributed by atoms with E-state index in [0.717, 1.165) is 127 Å². The fourth-order valence-electron chi connectivity index (χ4n) is 21.0. The van der Waals surface area contributed by atoms with Crippen molar-refractivity contribution >= 4 is 206 Å². The van der Waals surface area contributed by atoms with E-state index in [1.165, 1.54) is 124 Å². The lowest BCUT2D eigenvalue weighted by molar-refractivity contribution is 1.19. The van der Waals surface area contributed by atoms with Crippen LogP contribution in [0.1, 0.15) is 0 Å². The smallest absolute Gasteiger partial charge is 0.264 e. The topological polar surface area (TPSA) is 68.7 Å². The predicted molar refractivity (Wildman–Crippen MR) is 507 cm³/mol. The Morgan fingerprint density at radius 2 is 0.433 bits per heavy atom. The summed E-state index contributed by atoms with van der Waals surface area (Å²) >= 11 is 0. The molecule has 0 saturated carbocycles. The average Bonchev–Trinajstić information content (AvgIpc) is 1.36. The van der Waals surface area contributed by atoms with Gasteiger partial charge in [-0.2, -0.15) is 0 Å². The first-order valence-electron chi connectivity index (χ1n) is 41.1. The Bertz CT molecular complexity index is 9320. The van der Waals surface area contributed by atoms with Crippen LogP contribution in [0.3, 0.4) is 0 Å². The number of benzene rings is 24. The molecule has 24 aromatic carbocycles. The SMILES string of the molecule is O=c1c2cccc3c(-c4cc5ccc6cccc7ccc(c4)c5c67)ccc(c32)c2nc3c(-c4cc5ccc6cccc7ccc(c4)c5c67)cc(-c4cc5ccc6cccc7ccc(c4)c5c67)cc3n12.O=c1c2cccc3c(-c4ccc5ccccc5c4)ccc(c32)c2nc3c(-c4ccc5ccccc5c4)cc(-c4ccc5ccccc5c4)cc3n12. The molecule has 28 rings (SSSR count). The van der Waals surface area contributed by atoms with Crippen LogP contribution < -0.4 is 11.1 Å². The number of hydrogen-bond donors (Lipinski definition) is 0. The van der Waals surface area contributed by atoms with E-state index in [4.69, 9.17) is 9.97 Å². The van der Waals surface area contributed by atoms with Gasteiger partial charge in [-0.1, -0.05) is 273 Å². The molecule has 0 aliphatic carbocycles. The number of nitrogens with zero attached hydrogens (tertiary/aromatic N) is 4. The van der Waals surface area contributed by atoms with E-state index in [2.05, 4.69) is 352 Å². The minimum absolute atomic E-state index is 0.0543. The second-order valence-corrected chi connectivity index (χ2v) is 32.9. The summed E-state index contributed by atoms with van der Waals surface area (Å²) in [6.07, 6.45) is 0. The second-order valence-electron chi connectivity index (χ2n) is 32.9. The van der Waals surface area contributed by atoms with Gasteiger partial charge in [0.05, 0.1) is 22.1 Å². The Labute approximate surface area is 683 Å². The zero-order valence-electron chi connectivity index (χ0n) is 64.4. The normalized spacial score (nSPS) is 12.4. The van der Waals surface area contributed by atoms with Crippen LogP contribution in [-0.4, -0.2) is 18.8 Å². The summed E-state index contributed by atoms with van der Waals surface area (Å²) in [6.45, 7) is 0. The molecule has 0 bridgehead atoms. The van der Waals surface area contributed by atoms with E-state index in [1.54, 1.807) is 0 Å². The first-order valence-corrected chi connectivity index (χ1v) is 41.1. The first kappa shape index (κ1) is 65.3. The van der Waals surface area contributed by atoms with Crippen molar-refractivity contribution in [3.05, 3.63) is 397 Å². The van der Waals surface area contributed by atoms with E-state index in [-0.39, 0.29) is 11.1 Å². The summed E-state index contributed by atoms with van der Waals surface area (Å²) in [7, 11) is 0. The summed E-state index contributed by atoms with van der Waals surface area (Å²) < 4.78 is 3.74. The lowest BCUT2D eigenvalue weighted by Gasteiger charge is -2.15. The van der Waals surface area contributed by atoms with Gasteiger partial charge in [-0.25, -0.2) is 9.97 Å². The van der Waals surface area contributed by atoms with Gasteiger partial charge in [-0.3, -0.25) is 18.4 Å². The monoisotopic (exact) mass is 1520 g/mol. The van der Waals surface area contributed by atoms with Gasteiger partial charge in [0.2, 0.25) is 0 Å². The van der Waals surface area contributed by atoms with Crippen molar-refractivity contribution in [1.82, 2.24) is 18.8 Å². The molecule has 0 spiro atoms. The molecule has 4 heterocycles. The highest BCUT2D eigenvalue weighted by Crippen LogP contribution is 2.48. The van der Waals surface area contributed by atoms with Crippen molar-refractivity contribution in [2.24, 2.45) is 0 Å². The van der Waals surface area contributed by atoms with Gasteiger partial charge in [-0.05, 0) is 299 Å². The number of imidazole rings is 2. The Morgan fingerprint density at radius 1 is 0.167 bits per heavy atom. The molecule has 550 valence electrons. The third kappa shape index (κ3) is 9.32. The summed E-state index contributed by atoms with van der Waals surface area (Å²) in [5.41, 5.74) is 17.4. The van der Waals surface area contributed by atoms with Crippen LogP contribution in [0.25, 0.3) is 272 Å². The summed E-state index contributed by atoms with van der Waals surface area (Å²) in [4.78, 5) is 41.1. The van der Waals surface area contributed by atoms with Crippen molar-refractivity contribution in [2.75, 3.05) is 0 Å². The summed E-state index contributed by atoms with van der Waals surface area (Å²) in [5, 5.41) is 36.9. The fourth-order valence-corrected chi connectivity index (χ4v) is 21.0. The highest BCUT2D eigenvalue weighted by Gasteiger charge is 2.26. The largest absolute Gasteiger partial charge is 0.268 e. The molecule has 0 unspecified atom stereocenters. The van der Waals surface area contributed by atoms with E-state index in [9.17, 15) is 4.79 Å². The molecule has 120 heavy (non-hydrogen) atoms. The van der Waals surface area contributed by atoms with Crippen LogP contribution in [0, 0.1) is 0 Å². The Hall–Kier alpha value is -16.0. The molecule has 0 fully saturated rings. The molecule has 28 aromatic rings. The Morgan fingerprint density at radius 3 is 0.842 bits per heavy atom. The minimum Gasteiger partial charge on any atom is -0.268 e. The summed E-state index contributed by atoms with van der Waals surface area (Å²) in [6, 6.07) is 136. The number of aromatic nitrogens is 4. The molecule has 0 atom stereocenters. The molecule has 0 radical (unpaired) electrons.